The Morgan fingerprint density at radius 2 is 1.24 bits per heavy atom. The van der Waals surface area contributed by atoms with E-state index in [1.54, 1.807) is 6.08 Å². The van der Waals surface area contributed by atoms with Gasteiger partial charge in [-0.1, -0.05) is 6.08 Å². The average molecular weight is 540 g/mol. The minimum atomic E-state index is -2.29. The van der Waals surface area contributed by atoms with Crippen LogP contribution in [0.15, 0.2) is 46.5 Å². The van der Waals surface area contributed by atoms with Gasteiger partial charge in [0, 0.05) is 0 Å². The van der Waals surface area contributed by atoms with Gasteiger partial charge in [0.25, 0.3) is 0 Å². The number of allylic oxidation sites excluding steroid dienone is 1. The summed E-state index contributed by atoms with van der Waals surface area (Å²) in [4.78, 5) is 0. The summed E-state index contributed by atoms with van der Waals surface area (Å²) in [7, 11) is 12.0. The molecule has 0 aromatic heterocycles. The first-order valence-corrected chi connectivity index (χ1v) is 20.2. The van der Waals surface area contributed by atoms with Crippen LogP contribution in [0.3, 0.4) is 0 Å². The van der Waals surface area contributed by atoms with Crippen molar-refractivity contribution in [2.24, 2.45) is 3.50 Å². The van der Waals surface area contributed by atoms with Gasteiger partial charge in [0.1, 0.15) is 0 Å². The Morgan fingerprint density at radius 3 is 1.48 bits per heavy atom. The van der Waals surface area contributed by atoms with E-state index in [1.165, 1.54) is 0 Å². The van der Waals surface area contributed by atoms with E-state index in [2.05, 4.69) is 50.1 Å². The molecule has 0 saturated carbocycles. The number of halogens is 2. The number of hydrogen-bond acceptors (Lipinski definition) is 1. The zero-order valence-electron chi connectivity index (χ0n) is 14.2. The fourth-order valence-electron chi connectivity index (χ4n) is 0.569. The molecule has 0 spiro atoms. The van der Waals surface area contributed by atoms with Gasteiger partial charge >= 0.3 is 73.4 Å². The Kier molecular flexibility index (Phi) is 26.6. The van der Waals surface area contributed by atoms with Crippen LogP contribution in [0.1, 0.15) is 6.92 Å². The third-order valence-corrected chi connectivity index (χ3v) is 3.31. The fraction of sp³-hybridized carbons (Fsp3) is 0.467. The maximum absolute atomic E-state index is 5.61. The fourth-order valence-corrected chi connectivity index (χ4v) is 2.88. The van der Waals surface area contributed by atoms with Crippen LogP contribution in [0.4, 0.5) is 5.69 Å². The molecule has 0 heterocycles. The van der Waals surface area contributed by atoms with Gasteiger partial charge in [-0.05, 0) is 46.9 Å². The Balaban J connectivity index is -0.000000247. The topological polar surface area (TPSA) is 12.4 Å². The molecule has 0 fully saturated rings. The van der Waals surface area contributed by atoms with Gasteiger partial charge in [-0.3, -0.25) is 0 Å². The molecule has 1 rings (SSSR count). The van der Waals surface area contributed by atoms with Crippen molar-refractivity contribution in [2.45, 2.75) is 6.92 Å². The minimum absolute atomic E-state index is 0.380. The maximum atomic E-state index is 5.61. The Labute approximate surface area is 148 Å². The predicted molar refractivity (Wildman–Crippen MR) is 105 cm³/mol. The molecule has 0 bridgehead atoms. The van der Waals surface area contributed by atoms with Crippen LogP contribution in [-0.2, 0) is 15.0 Å². The zero-order chi connectivity index (χ0) is 17.3. The second-order valence-electron chi connectivity index (χ2n) is 4.71. The molecule has 1 aromatic rings. The van der Waals surface area contributed by atoms with Gasteiger partial charge in [-0.25, -0.2) is 0 Å². The Hall–Kier alpha value is 0.888. The number of hydrogen-bond donors (Lipinski definition) is 0. The van der Waals surface area contributed by atoms with Gasteiger partial charge in [-0.15, -0.1) is 22.4 Å². The van der Waals surface area contributed by atoms with Gasteiger partial charge in [-0.2, -0.15) is 0 Å². The van der Waals surface area contributed by atoms with E-state index in [0.717, 1.165) is 5.69 Å². The average Bonchev–Trinajstić information content (AvgIpc) is 2.28. The quantitative estimate of drug-likeness (QED) is 0.261. The standard InChI is InChI=1S/C6H5N.2C3H9P.C3H6.2ClH.W/c7-6-4-2-1-3-5-6;2*1-4(2)3;1-3-2;;;/h1-5H;2*1-3H3;3H,1H2,2H3;2*1H;/q;;;;;;+2/p-2. The second-order valence-corrected chi connectivity index (χ2v) is 18.2. The van der Waals surface area contributed by atoms with Crippen LogP contribution in [0.25, 0.3) is 0 Å². The van der Waals surface area contributed by atoms with Crippen molar-refractivity contribution in [3.63, 3.8) is 0 Å². The SMILES string of the molecule is C=CC.CP(C)C.CP(C)C.[Cl][W]([Cl])=[N]c1ccccc1. The zero-order valence-corrected chi connectivity index (χ0v) is 20.4. The molecule has 0 saturated heterocycles. The van der Waals surface area contributed by atoms with Crippen LogP contribution in [0, 0.1) is 0 Å². The van der Waals surface area contributed by atoms with E-state index in [-0.39, 0.29) is 0 Å². The first-order valence-electron chi connectivity index (χ1n) is 6.29. The third kappa shape index (κ3) is 44.9. The summed E-state index contributed by atoms with van der Waals surface area (Å²) < 4.78 is 4.08. The molecule has 21 heavy (non-hydrogen) atoms. The Morgan fingerprint density at radius 1 is 0.952 bits per heavy atom. The van der Waals surface area contributed by atoms with Crippen molar-refractivity contribution in [3.8, 4) is 0 Å². The molecule has 0 aliphatic carbocycles. The molecule has 6 heteroatoms. The monoisotopic (exact) mass is 539 g/mol. The molecule has 0 atom stereocenters. The molecule has 0 radical (unpaired) electrons. The third-order valence-electron chi connectivity index (χ3n) is 0.931. The van der Waals surface area contributed by atoms with E-state index < -0.39 is 15.0 Å². The van der Waals surface area contributed by atoms with Crippen LogP contribution in [-0.4, -0.2) is 40.0 Å². The molecule has 0 aliphatic rings. The molecule has 1 aromatic carbocycles. The van der Waals surface area contributed by atoms with Crippen LogP contribution < -0.4 is 0 Å². The van der Waals surface area contributed by atoms with Crippen molar-refractivity contribution < 1.29 is 15.0 Å². The van der Waals surface area contributed by atoms with E-state index >= 15 is 0 Å². The van der Waals surface area contributed by atoms with E-state index in [0.29, 0.717) is 15.8 Å². The summed E-state index contributed by atoms with van der Waals surface area (Å²) >= 11 is -2.29. The summed E-state index contributed by atoms with van der Waals surface area (Å²) in [6, 6.07) is 9.55. The normalized spacial score (nSPS) is 8.76. The number of rotatable bonds is 1. The van der Waals surface area contributed by atoms with Gasteiger partial charge in [0.2, 0.25) is 0 Å². The first kappa shape index (κ1) is 26.8. The summed E-state index contributed by atoms with van der Waals surface area (Å²) in [6.45, 7) is 18.6. The molecule has 0 aliphatic heterocycles. The molecule has 0 N–H and O–H groups in total. The molecule has 0 unspecified atom stereocenters. The van der Waals surface area contributed by atoms with Crippen molar-refractivity contribution >= 4 is 40.4 Å². The van der Waals surface area contributed by atoms with Crippen LogP contribution in [0.2, 0.25) is 0 Å². The van der Waals surface area contributed by atoms with Crippen LogP contribution in [0.5, 0.6) is 0 Å². The van der Waals surface area contributed by atoms with Crippen molar-refractivity contribution in [1.82, 2.24) is 0 Å². The molecule has 0 amide bonds. The summed E-state index contributed by atoms with van der Waals surface area (Å²) in [6.07, 6.45) is 1.75. The summed E-state index contributed by atoms with van der Waals surface area (Å²) in [5.41, 5.74) is 0.890. The Bertz CT molecular complexity index is 342. The molecular formula is C15H29Cl2NP2W. The van der Waals surface area contributed by atoms with Gasteiger partial charge in [0.05, 0.1) is 0 Å². The number of benzene rings is 1. The van der Waals surface area contributed by atoms with E-state index in [4.69, 9.17) is 18.8 Å². The van der Waals surface area contributed by atoms with E-state index in [9.17, 15) is 0 Å². The predicted octanol–water partition coefficient (Wildman–Crippen LogP) is 7.34. The summed E-state index contributed by atoms with van der Waals surface area (Å²) in [5, 5.41) is 0. The molecular weight excluding hydrogens is 511 g/mol. The van der Waals surface area contributed by atoms with E-state index in [1.807, 2.05) is 37.3 Å². The van der Waals surface area contributed by atoms with Gasteiger partial charge < -0.3 is 0 Å². The van der Waals surface area contributed by atoms with Crippen molar-refractivity contribution in [2.75, 3.05) is 40.0 Å². The van der Waals surface area contributed by atoms with Crippen molar-refractivity contribution in [3.05, 3.63) is 43.0 Å². The first-order chi connectivity index (χ1) is 9.67. The molecule has 1 nitrogen and oxygen atoms in total. The van der Waals surface area contributed by atoms with Gasteiger partial charge in [0.15, 0.2) is 0 Å². The number of nitrogens with zero attached hydrogens (tertiary/aromatic N) is 1. The second kappa shape index (κ2) is 20.9. The van der Waals surface area contributed by atoms with Crippen LogP contribution >= 0.6 is 34.7 Å². The van der Waals surface area contributed by atoms with Crippen molar-refractivity contribution in [1.29, 1.82) is 0 Å². The summed E-state index contributed by atoms with van der Waals surface area (Å²) in [5.74, 6) is 0. The molecule has 124 valence electrons.